The second-order valence-corrected chi connectivity index (χ2v) is 3.75. The van der Waals surface area contributed by atoms with E-state index >= 15 is 0 Å². The van der Waals surface area contributed by atoms with Crippen LogP contribution in [0.1, 0.15) is 16.8 Å². The maximum atomic E-state index is 12.0. The maximum absolute atomic E-state index is 12.0. The fourth-order valence-electron chi connectivity index (χ4n) is 1.63. The van der Waals surface area contributed by atoms with E-state index in [-0.39, 0.29) is 5.91 Å². The number of methoxy groups -OCH3 is 2. The molecule has 4 nitrogen and oxygen atoms in total. The number of amides is 1. The van der Waals surface area contributed by atoms with Crippen LogP contribution in [0, 0.1) is 0 Å². The summed E-state index contributed by atoms with van der Waals surface area (Å²) in [5.74, 6) is 1.33. The molecule has 0 aromatic heterocycles. The van der Waals surface area contributed by atoms with Gasteiger partial charge in [-0.15, -0.1) is 0 Å². The zero-order valence-corrected chi connectivity index (χ0v) is 9.53. The second-order valence-electron chi connectivity index (χ2n) is 3.75. The molecule has 86 valence electrons. The summed E-state index contributed by atoms with van der Waals surface area (Å²) in [6.45, 7) is 1.69. The van der Waals surface area contributed by atoms with Crippen LogP contribution in [-0.4, -0.2) is 38.1 Å². The lowest BCUT2D eigenvalue weighted by molar-refractivity contribution is 0.0651. The molecule has 0 spiro atoms. The average molecular weight is 221 g/mol. The van der Waals surface area contributed by atoms with Crippen molar-refractivity contribution >= 4 is 5.91 Å². The Labute approximate surface area is 94.8 Å². The molecule has 0 unspecified atom stereocenters. The van der Waals surface area contributed by atoms with E-state index in [1.165, 1.54) is 0 Å². The largest absolute Gasteiger partial charge is 0.497 e. The minimum atomic E-state index is 0.0449. The first kappa shape index (κ1) is 10.8. The minimum absolute atomic E-state index is 0.0449. The van der Waals surface area contributed by atoms with E-state index in [1.807, 2.05) is 4.90 Å². The molecule has 0 radical (unpaired) electrons. The third-order valence-electron chi connectivity index (χ3n) is 2.74. The lowest BCUT2D eigenvalue weighted by atomic mass is 10.1. The molecular formula is C12H15NO3. The van der Waals surface area contributed by atoms with Gasteiger partial charge < -0.3 is 14.4 Å². The first-order valence-electron chi connectivity index (χ1n) is 5.27. The molecule has 1 saturated heterocycles. The normalized spacial score (nSPS) is 14.2. The van der Waals surface area contributed by atoms with Crippen molar-refractivity contribution in [1.29, 1.82) is 0 Å². The third-order valence-corrected chi connectivity index (χ3v) is 2.74. The number of likely N-dealkylation sites (tertiary alicyclic amines) is 1. The van der Waals surface area contributed by atoms with E-state index in [0.717, 1.165) is 19.5 Å². The van der Waals surface area contributed by atoms with Gasteiger partial charge in [-0.25, -0.2) is 0 Å². The number of hydrogen-bond acceptors (Lipinski definition) is 3. The summed E-state index contributed by atoms with van der Waals surface area (Å²) in [6, 6.07) is 5.24. The van der Waals surface area contributed by atoms with Crippen LogP contribution in [0.25, 0.3) is 0 Å². The van der Waals surface area contributed by atoms with Crippen LogP contribution in [0.15, 0.2) is 18.2 Å². The predicted octanol–water partition coefficient (Wildman–Crippen LogP) is 1.55. The van der Waals surface area contributed by atoms with Gasteiger partial charge in [0.15, 0.2) is 0 Å². The summed E-state index contributed by atoms with van der Waals surface area (Å²) in [6.07, 6.45) is 1.09. The Morgan fingerprint density at radius 2 is 1.69 bits per heavy atom. The van der Waals surface area contributed by atoms with Gasteiger partial charge in [0.25, 0.3) is 5.91 Å². The summed E-state index contributed by atoms with van der Waals surface area (Å²) in [7, 11) is 3.15. The molecule has 1 fully saturated rings. The zero-order chi connectivity index (χ0) is 11.5. The standard InChI is InChI=1S/C12H15NO3/c1-15-10-6-9(7-11(8-10)16-2)12(14)13-4-3-5-13/h6-8H,3-5H2,1-2H3. The van der Waals surface area contributed by atoms with Gasteiger partial charge in [-0.2, -0.15) is 0 Å². The van der Waals surface area contributed by atoms with Crippen LogP contribution in [0.3, 0.4) is 0 Å². The molecule has 0 bridgehead atoms. The first-order valence-corrected chi connectivity index (χ1v) is 5.27. The molecule has 2 rings (SSSR count). The van der Waals surface area contributed by atoms with Crippen molar-refractivity contribution in [1.82, 2.24) is 4.90 Å². The van der Waals surface area contributed by atoms with E-state index in [1.54, 1.807) is 32.4 Å². The molecule has 0 atom stereocenters. The highest BCUT2D eigenvalue weighted by atomic mass is 16.5. The maximum Gasteiger partial charge on any atom is 0.254 e. The summed E-state index contributed by atoms with van der Waals surface area (Å²) < 4.78 is 10.3. The number of hydrogen-bond donors (Lipinski definition) is 0. The Kier molecular flexibility index (Phi) is 2.99. The van der Waals surface area contributed by atoms with Crippen molar-refractivity contribution in [2.24, 2.45) is 0 Å². The third kappa shape index (κ3) is 1.96. The van der Waals surface area contributed by atoms with Crippen LogP contribution in [0.2, 0.25) is 0 Å². The van der Waals surface area contributed by atoms with Gasteiger partial charge >= 0.3 is 0 Å². The molecule has 0 saturated carbocycles. The zero-order valence-electron chi connectivity index (χ0n) is 9.53. The molecule has 1 heterocycles. The second kappa shape index (κ2) is 4.43. The number of ether oxygens (including phenoxy) is 2. The molecule has 1 aromatic carbocycles. The van der Waals surface area contributed by atoms with Gasteiger partial charge in [-0.1, -0.05) is 0 Å². The average Bonchev–Trinajstić information content (AvgIpc) is 2.26. The van der Waals surface area contributed by atoms with Gasteiger partial charge in [0.2, 0.25) is 0 Å². The van der Waals surface area contributed by atoms with Gasteiger partial charge in [-0.05, 0) is 18.6 Å². The molecule has 16 heavy (non-hydrogen) atoms. The molecule has 1 aromatic rings. The van der Waals surface area contributed by atoms with Crippen LogP contribution >= 0.6 is 0 Å². The fourth-order valence-corrected chi connectivity index (χ4v) is 1.63. The molecule has 4 heteroatoms. The molecular weight excluding hydrogens is 206 g/mol. The van der Waals surface area contributed by atoms with Crippen molar-refractivity contribution in [3.05, 3.63) is 23.8 Å². The summed E-state index contributed by atoms with van der Waals surface area (Å²) in [4.78, 5) is 13.8. The summed E-state index contributed by atoms with van der Waals surface area (Å²) in [5, 5.41) is 0. The number of carbonyl (C=O) groups is 1. The first-order chi connectivity index (χ1) is 7.74. The highest BCUT2D eigenvalue weighted by Gasteiger charge is 2.22. The van der Waals surface area contributed by atoms with Crippen LogP contribution in [-0.2, 0) is 0 Å². The molecule has 1 amide bonds. The molecule has 1 aliphatic heterocycles. The Morgan fingerprint density at radius 3 is 2.06 bits per heavy atom. The van der Waals surface area contributed by atoms with E-state index in [2.05, 4.69) is 0 Å². The minimum Gasteiger partial charge on any atom is -0.497 e. The number of carbonyl (C=O) groups excluding carboxylic acids is 1. The highest BCUT2D eigenvalue weighted by molar-refractivity contribution is 5.95. The number of benzene rings is 1. The topological polar surface area (TPSA) is 38.8 Å². The van der Waals surface area contributed by atoms with Crippen molar-refractivity contribution in [2.75, 3.05) is 27.3 Å². The molecule has 0 N–H and O–H groups in total. The van der Waals surface area contributed by atoms with Gasteiger partial charge in [-0.3, -0.25) is 4.79 Å². The Hall–Kier alpha value is -1.71. The molecule has 1 aliphatic rings. The van der Waals surface area contributed by atoms with Gasteiger partial charge in [0.1, 0.15) is 11.5 Å². The Morgan fingerprint density at radius 1 is 1.12 bits per heavy atom. The number of nitrogens with zero attached hydrogens (tertiary/aromatic N) is 1. The quantitative estimate of drug-likeness (QED) is 0.777. The van der Waals surface area contributed by atoms with Crippen LogP contribution in [0.5, 0.6) is 11.5 Å². The van der Waals surface area contributed by atoms with Gasteiger partial charge in [0.05, 0.1) is 14.2 Å². The van der Waals surface area contributed by atoms with Crippen LogP contribution < -0.4 is 9.47 Å². The number of rotatable bonds is 3. The Balaban J connectivity index is 2.27. The summed E-state index contributed by atoms with van der Waals surface area (Å²) >= 11 is 0. The fraction of sp³-hybridized carbons (Fsp3) is 0.417. The van der Waals surface area contributed by atoms with E-state index in [9.17, 15) is 4.79 Å². The van der Waals surface area contributed by atoms with E-state index in [4.69, 9.17) is 9.47 Å². The van der Waals surface area contributed by atoms with Crippen molar-refractivity contribution in [3.63, 3.8) is 0 Å². The SMILES string of the molecule is COc1cc(OC)cc(C(=O)N2CCC2)c1. The lowest BCUT2D eigenvalue weighted by Gasteiger charge is -2.31. The monoisotopic (exact) mass is 221 g/mol. The smallest absolute Gasteiger partial charge is 0.254 e. The summed E-state index contributed by atoms with van der Waals surface area (Å²) in [5.41, 5.74) is 0.621. The van der Waals surface area contributed by atoms with Crippen molar-refractivity contribution < 1.29 is 14.3 Å². The van der Waals surface area contributed by atoms with E-state index in [0.29, 0.717) is 17.1 Å². The van der Waals surface area contributed by atoms with Crippen molar-refractivity contribution in [3.8, 4) is 11.5 Å². The lowest BCUT2D eigenvalue weighted by Crippen LogP contribution is -2.42. The predicted molar refractivity (Wildman–Crippen MR) is 60.1 cm³/mol. The van der Waals surface area contributed by atoms with E-state index < -0.39 is 0 Å². The van der Waals surface area contributed by atoms with Gasteiger partial charge in [0, 0.05) is 24.7 Å². The molecule has 0 aliphatic carbocycles. The van der Waals surface area contributed by atoms with Crippen LogP contribution in [0.4, 0.5) is 0 Å². The Bertz CT molecular complexity index is 377. The highest BCUT2D eigenvalue weighted by Crippen LogP contribution is 2.24. The van der Waals surface area contributed by atoms with Crippen molar-refractivity contribution in [2.45, 2.75) is 6.42 Å².